The van der Waals surface area contributed by atoms with E-state index >= 15 is 0 Å². The van der Waals surface area contributed by atoms with Crippen LogP contribution in [-0.2, 0) is 0 Å². The Labute approximate surface area is 234 Å². The fraction of sp³-hybridized carbons (Fsp3) is 0.152. The van der Waals surface area contributed by atoms with E-state index in [4.69, 9.17) is 28.2 Å². The molecule has 0 saturated carbocycles. The predicted octanol–water partition coefficient (Wildman–Crippen LogP) is 9.68. The van der Waals surface area contributed by atoms with Gasteiger partial charge in [-0.25, -0.2) is 0 Å². The first kappa shape index (κ1) is 26.0. The topological polar surface area (TPSA) is 37.8 Å². The summed E-state index contributed by atoms with van der Waals surface area (Å²) in [7, 11) is 0. The average Bonchev–Trinajstić information content (AvgIpc) is 2.92. The monoisotopic (exact) mass is 537 g/mol. The van der Waals surface area contributed by atoms with Gasteiger partial charge in [0.1, 0.15) is 0 Å². The summed E-state index contributed by atoms with van der Waals surface area (Å²) in [5.41, 5.74) is 8.84. The van der Waals surface area contributed by atoms with Crippen molar-refractivity contribution >= 4 is 39.8 Å². The first-order valence-electron chi connectivity index (χ1n) is 12.8. The van der Waals surface area contributed by atoms with Crippen molar-refractivity contribution in [1.29, 1.82) is 0 Å². The molecule has 1 unspecified atom stereocenters. The minimum Gasteiger partial charge on any atom is -0.378 e. The van der Waals surface area contributed by atoms with Crippen LogP contribution in [0, 0.1) is 6.92 Å². The van der Waals surface area contributed by atoms with Crippen LogP contribution in [-0.4, -0.2) is 9.97 Å². The minimum absolute atomic E-state index is 0.148. The third kappa shape index (κ3) is 5.31. The van der Waals surface area contributed by atoms with Gasteiger partial charge in [-0.15, -0.1) is 0 Å². The van der Waals surface area contributed by atoms with Gasteiger partial charge in [-0.2, -0.15) is 0 Å². The van der Waals surface area contributed by atoms with Crippen molar-refractivity contribution < 1.29 is 0 Å². The van der Waals surface area contributed by atoms with E-state index in [2.05, 4.69) is 67.1 Å². The molecule has 5 aromatic rings. The molecule has 0 fully saturated rings. The zero-order valence-corrected chi connectivity index (χ0v) is 23.0. The summed E-state index contributed by atoms with van der Waals surface area (Å²) in [5, 5.41) is 5.84. The van der Waals surface area contributed by atoms with Crippen LogP contribution in [0.2, 0.25) is 10.0 Å². The Morgan fingerprint density at radius 3 is 2.32 bits per heavy atom. The highest BCUT2D eigenvalue weighted by Gasteiger charge is 2.20. The van der Waals surface area contributed by atoms with Crippen LogP contribution >= 0.6 is 23.2 Å². The molecule has 190 valence electrons. The van der Waals surface area contributed by atoms with E-state index in [1.807, 2.05) is 48.8 Å². The lowest BCUT2D eigenvalue weighted by Gasteiger charge is -2.25. The molecule has 1 atom stereocenters. The average molecular weight is 539 g/mol. The van der Waals surface area contributed by atoms with Crippen molar-refractivity contribution in [3.8, 4) is 22.4 Å². The number of hydrogen-bond acceptors (Lipinski definition) is 3. The van der Waals surface area contributed by atoms with E-state index in [-0.39, 0.29) is 6.04 Å². The van der Waals surface area contributed by atoms with E-state index in [1.165, 1.54) is 11.1 Å². The normalized spacial score (nSPS) is 11.9. The van der Waals surface area contributed by atoms with Crippen LogP contribution < -0.4 is 5.32 Å². The molecule has 0 spiro atoms. The maximum absolute atomic E-state index is 6.33. The first-order chi connectivity index (χ1) is 18.5. The van der Waals surface area contributed by atoms with Gasteiger partial charge < -0.3 is 5.32 Å². The third-order valence-corrected chi connectivity index (χ3v) is 7.24. The predicted molar refractivity (Wildman–Crippen MR) is 161 cm³/mol. The van der Waals surface area contributed by atoms with Gasteiger partial charge in [0.2, 0.25) is 0 Å². The Morgan fingerprint density at radius 2 is 1.61 bits per heavy atom. The minimum atomic E-state index is 0.148. The molecule has 0 aliphatic carbocycles. The zero-order valence-electron chi connectivity index (χ0n) is 21.5. The van der Waals surface area contributed by atoms with Gasteiger partial charge in [-0.1, -0.05) is 97.7 Å². The highest BCUT2D eigenvalue weighted by Crippen LogP contribution is 2.38. The highest BCUT2D eigenvalue weighted by atomic mass is 35.5. The molecule has 38 heavy (non-hydrogen) atoms. The summed E-state index contributed by atoms with van der Waals surface area (Å²) in [6.45, 7) is 8.86. The summed E-state index contributed by atoms with van der Waals surface area (Å²) in [4.78, 5) is 9.59. The van der Waals surface area contributed by atoms with Crippen molar-refractivity contribution in [1.82, 2.24) is 15.3 Å². The number of hydrogen-bond donors (Lipinski definition) is 1. The molecule has 0 saturated heterocycles. The number of aryl methyl sites for hydroxylation is 1. The molecule has 5 rings (SSSR count). The van der Waals surface area contributed by atoms with Crippen LogP contribution in [0.5, 0.6) is 0 Å². The number of pyridine rings is 2. The van der Waals surface area contributed by atoms with Crippen LogP contribution in [0.1, 0.15) is 42.5 Å². The maximum Gasteiger partial charge on any atom is 0.0971 e. The van der Waals surface area contributed by atoms with Gasteiger partial charge in [0.15, 0.2) is 0 Å². The van der Waals surface area contributed by atoms with Gasteiger partial charge in [0, 0.05) is 50.2 Å². The number of nitrogens with one attached hydrogen (secondary N) is 1. The quantitative estimate of drug-likeness (QED) is 0.214. The summed E-state index contributed by atoms with van der Waals surface area (Å²) in [5.74, 6) is 0. The fourth-order valence-corrected chi connectivity index (χ4v) is 5.56. The lowest BCUT2D eigenvalue weighted by molar-refractivity contribution is 0.569. The van der Waals surface area contributed by atoms with Crippen LogP contribution in [0.15, 0.2) is 97.8 Å². The fourth-order valence-electron chi connectivity index (χ4n) is 5.03. The van der Waals surface area contributed by atoms with Gasteiger partial charge in [-0.05, 0) is 54.3 Å². The highest BCUT2D eigenvalue weighted by molar-refractivity contribution is 6.35. The summed E-state index contributed by atoms with van der Waals surface area (Å²) >= 11 is 12.7. The van der Waals surface area contributed by atoms with Crippen LogP contribution in [0.3, 0.4) is 0 Å². The molecule has 0 aliphatic heterocycles. The van der Waals surface area contributed by atoms with E-state index in [0.29, 0.717) is 10.0 Å². The molecular formula is C33H29Cl2N3. The molecule has 1 N–H and O–H groups in total. The standard InChI is InChI=1S/C33H29Cl2N3/c1-4-10-30(27-14-9-8-11-21(27)2)38-22(3)29-20-37-33-28(31(29)23-12-6-5-7-13-23)15-16-36-32(33)24-17-25(34)19-26(35)18-24/h5-9,11-20,30,38H,3-4,10H2,1-2H3. The van der Waals surface area contributed by atoms with E-state index < -0.39 is 0 Å². The van der Waals surface area contributed by atoms with E-state index in [0.717, 1.165) is 57.4 Å². The number of fused-ring (bicyclic) bond motifs is 1. The van der Waals surface area contributed by atoms with Crippen LogP contribution in [0.25, 0.3) is 39.0 Å². The van der Waals surface area contributed by atoms with Crippen molar-refractivity contribution in [2.75, 3.05) is 0 Å². The SMILES string of the molecule is C=C(NC(CCC)c1ccccc1C)c1cnc2c(-c3cc(Cl)cc(Cl)c3)nccc2c1-c1ccccc1. The molecule has 0 bridgehead atoms. The Hall–Kier alpha value is -3.66. The zero-order chi connectivity index (χ0) is 26.6. The van der Waals surface area contributed by atoms with Gasteiger partial charge in [-0.3, -0.25) is 9.97 Å². The Kier molecular flexibility index (Phi) is 7.78. The summed E-state index contributed by atoms with van der Waals surface area (Å²) < 4.78 is 0. The second-order valence-electron chi connectivity index (χ2n) is 9.45. The molecule has 0 radical (unpaired) electrons. The lowest BCUT2D eigenvalue weighted by atomic mass is 9.93. The summed E-state index contributed by atoms with van der Waals surface area (Å²) in [6.07, 6.45) is 5.76. The molecule has 2 aromatic heterocycles. The van der Waals surface area contributed by atoms with Crippen molar-refractivity contribution in [2.45, 2.75) is 32.7 Å². The Bertz CT molecular complexity index is 1590. The van der Waals surface area contributed by atoms with E-state index in [1.54, 1.807) is 6.07 Å². The molecule has 5 heteroatoms. The van der Waals surface area contributed by atoms with Crippen molar-refractivity contribution in [3.63, 3.8) is 0 Å². The third-order valence-electron chi connectivity index (χ3n) is 6.80. The van der Waals surface area contributed by atoms with Gasteiger partial charge >= 0.3 is 0 Å². The van der Waals surface area contributed by atoms with Crippen molar-refractivity contribution in [2.24, 2.45) is 0 Å². The van der Waals surface area contributed by atoms with E-state index in [9.17, 15) is 0 Å². The maximum atomic E-state index is 6.33. The van der Waals surface area contributed by atoms with Crippen molar-refractivity contribution in [3.05, 3.63) is 125 Å². The second kappa shape index (κ2) is 11.4. The number of aromatic nitrogens is 2. The number of benzene rings is 3. The second-order valence-corrected chi connectivity index (χ2v) is 10.3. The molecule has 0 aliphatic rings. The van der Waals surface area contributed by atoms with Gasteiger partial charge in [0.25, 0.3) is 0 Å². The number of rotatable bonds is 8. The Morgan fingerprint density at radius 1 is 0.895 bits per heavy atom. The molecule has 0 amide bonds. The Balaban J connectivity index is 1.66. The molecular weight excluding hydrogens is 509 g/mol. The molecule has 2 heterocycles. The smallest absolute Gasteiger partial charge is 0.0971 e. The number of halogens is 2. The van der Waals surface area contributed by atoms with Crippen LogP contribution in [0.4, 0.5) is 0 Å². The van der Waals surface area contributed by atoms with Gasteiger partial charge in [0.05, 0.1) is 17.3 Å². The molecule has 3 nitrogen and oxygen atoms in total. The first-order valence-corrected chi connectivity index (χ1v) is 13.5. The lowest BCUT2D eigenvalue weighted by Crippen LogP contribution is -2.21. The molecule has 3 aromatic carbocycles. The summed E-state index contributed by atoms with van der Waals surface area (Å²) in [6, 6.07) is 26.5. The number of nitrogens with zero attached hydrogens (tertiary/aromatic N) is 2. The largest absolute Gasteiger partial charge is 0.378 e.